The molecule has 19 heavy (non-hydrogen) atoms. The minimum Gasteiger partial charge on any atom is -0.234 e. The van der Waals surface area contributed by atoms with Crippen molar-refractivity contribution in [3.63, 3.8) is 0 Å². The van der Waals surface area contributed by atoms with E-state index in [1.165, 1.54) is 4.41 Å². The molecule has 2 fully saturated rings. The van der Waals surface area contributed by atoms with E-state index in [9.17, 15) is 8.42 Å². The van der Waals surface area contributed by atoms with Crippen molar-refractivity contribution < 1.29 is 8.42 Å². The second-order valence-corrected chi connectivity index (χ2v) is 8.59. The molecule has 1 aromatic rings. The van der Waals surface area contributed by atoms with Crippen molar-refractivity contribution in [3.05, 3.63) is 35.9 Å². The highest BCUT2D eigenvalue weighted by Gasteiger charge is 2.38. The molecule has 0 bridgehead atoms. The summed E-state index contributed by atoms with van der Waals surface area (Å²) in [6.07, 6.45) is 2.62. The Morgan fingerprint density at radius 3 is 2.68 bits per heavy atom. The molecule has 0 saturated carbocycles. The van der Waals surface area contributed by atoms with E-state index in [0.29, 0.717) is 6.54 Å². The standard InChI is InChI=1S/C13H18N2O2S2/c16-19(17,13-7-4-10-18-13)15-9-8-12(14-15)11-5-2-1-3-6-11/h1-3,5-6,12-14H,4,7-10H2/t12-,13+/m0/s1. The lowest BCUT2D eigenvalue weighted by Gasteiger charge is -2.21. The summed E-state index contributed by atoms with van der Waals surface area (Å²) < 4.78 is 26.1. The molecule has 1 aromatic carbocycles. The van der Waals surface area contributed by atoms with Crippen molar-refractivity contribution in [2.24, 2.45) is 0 Å². The molecule has 1 N–H and O–H groups in total. The van der Waals surface area contributed by atoms with Gasteiger partial charge >= 0.3 is 0 Å². The molecule has 2 saturated heterocycles. The number of benzene rings is 1. The quantitative estimate of drug-likeness (QED) is 0.928. The third-order valence-corrected chi connectivity index (χ3v) is 7.72. The molecular weight excluding hydrogens is 280 g/mol. The molecule has 0 aromatic heterocycles. The van der Waals surface area contributed by atoms with E-state index in [1.807, 2.05) is 30.3 Å². The summed E-state index contributed by atoms with van der Waals surface area (Å²) in [4.78, 5) is 0. The number of hydrazine groups is 1. The number of hydrogen-bond donors (Lipinski definition) is 1. The zero-order chi connectivity index (χ0) is 13.3. The normalized spacial score (nSPS) is 28.8. The van der Waals surface area contributed by atoms with Crippen LogP contribution in [0.5, 0.6) is 0 Å². The van der Waals surface area contributed by atoms with Crippen LogP contribution in [0.15, 0.2) is 30.3 Å². The minimum atomic E-state index is -3.19. The average molecular weight is 298 g/mol. The van der Waals surface area contributed by atoms with E-state index < -0.39 is 10.0 Å². The van der Waals surface area contributed by atoms with Crippen molar-refractivity contribution >= 4 is 21.8 Å². The summed E-state index contributed by atoms with van der Waals surface area (Å²) in [5, 5.41) is 0. The van der Waals surface area contributed by atoms with Gasteiger partial charge in [-0.3, -0.25) is 0 Å². The molecule has 2 atom stereocenters. The van der Waals surface area contributed by atoms with Crippen LogP contribution in [0.25, 0.3) is 0 Å². The molecule has 0 radical (unpaired) electrons. The zero-order valence-corrected chi connectivity index (χ0v) is 12.3. The Labute approximate surface area is 118 Å². The Bertz CT molecular complexity index is 527. The highest BCUT2D eigenvalue weighted by atomic mass is 32.3. The van der Waals surface area contributed by atoms with Gasteiger partial charge < -0.3 is 0 Å². The Balaban J connectivity index is 1.72. The van der Waals surface area contributed by atoms with Crippen molar-refractivity contribution in [1.29, 1.82) is 0 Å². The molecule has 0 spiro atoms. The van der Waals surface area contributed by atoms with E-state index in [1.54, 1.807) is 11.8 Å². The minimum absolute atomic E-state index is 0.113. The predicted molar refractivity (Wildman–Crippen MR) is 78.0 cm³/mol. The molecular formula is C13H18N2O2S2. The Morgan fingerprint density at radius 1 is 1.21 bits per heavy atom. The maximum atomic E-state index is 12.5. The molecule has 104 valence electrons. The molecule has 0 aliphatic carbocycles. The summed E-state index contributed by atoms with van der Waals surface area (Å²) in [5.41, 5.74) is 4.31. The van der Waals surface area contributed by atoms with Crippen LogP contribution in [-0.4, -0.2) is 29.7 Å². The van der Waals surface area contributed by atoms with Crippen molar-refractivity contribution in [2.75, 3.05) is 12.3 Å². The monoisotopic (exact) mass is 298 g/mol. The maximum Gasteiger partial charge on any atom is 0.239 e. The SMILES string of the molecule is O=S(=O)([C@@H]1CCCS1)N1CC[C@@H](c2ccccc2)N1. The summed E-state index contributed by atoms with van der Waals surface area (Å²) in [7, 11) is -3.19. The largest absolute Gasteiger partial charge is 0.239 e. The summed E-state index contributed by atoms with van der Waals surface area (Å²) in [6, 6.07) is 10.1. The van der Waals surface area contributed by atoms with E-state index >= 15 is 0 Å². The average Bonchev–Trinajstić information content (AvgIpc) is 3.12. The van der Waals surface area contributed by atoms with Gasteiger partial charge in [-0.15, -0.1) is 16.2 Å². The number of thioether (sulfide) groups is 1. The molecule has 2 heterocycles. The van der Waals surface area contributed by atoms with Crippen LogP contribution in [0.1, 0.15) is 30.9 Å². The van der Waals surface area contributed by atoms with Crippen LogP contribution in [-0.2, 0) is 10.0 Å². The van der Waals surface area contributed by atoms with Gasteiger partial charge in [-0.1, -0.05) is 30.3 Å². The van der Waals surface area contributed by atoms with Crippen LogP contribution in [0, 0.1) is 0 Å². The number of nitrogens with one attached hydrogen (secondary N) is 1. The first-order valence-corrected chi connectivity index (χ1v) is 9.17. The fourth-order valence-corrected chi connectivity index (χ4v) is 6.20. The van der Waals surface area contributed by atoms with Gasteiger partial charge in [-0.05, 0) is 30.6 Å². The first kappa shape index (κ1) is 13.4. The van der Waals surface area contributed by atoms with Gasteiger partial charge in [0.1, 0.15) is 4.58 Å². The molecule has 2 aliphatic rings. The third kappa shape index (κ3) is 2.67. The van der Waals surface area contributed by atoms with E-state index in [2.05, 4.69) is 5.43 Å². The smallest absolute Gasteiger partial charge is 0.234 e. The molecule has 3 rings (SSSR count). The van der Waals surface area contributed by atoms with Crippen LogP contribution in [0.3, 0.4) is 0 Å². The zero-order valence-electron chi connectivity index (χ0n) is 10.7. The maximum absolute atomic E-state index is 12.5. The van der Waals surface area contributed by atoms with Crippen molar-refractivity contribution in [1.82, 2.24) is 9.84 Å². The Morgan fingerprint density at radius 2 is 2.00 bits per heavy atom. The molecule has 2 aliphatic heterocycles. The van der Waals surface area contributed by atoms with Gasteiger partial charge in [0.25, 0.3) is 0 Å². The lowest BCUT2D eigenvalue weighted by molar-refractivity contribution is 0.371. The second kappa shape index (κ2) is 5.44. The third-order valence-electron chi connectivity index (χ3n) is 3.65. The molecule has 4 nitrogen and oxygen atoms in total. The molecule has 0 amide bonds. The Hall–Kier alpha value is -0.560. The predicted octanol–water partition coefficient (Wildman–Crippen LogP) is 2.12. The lowest BCUT2D eigenvalue weighted by Crippen LogP contribution is -2.41. The van der Waals surface area contributed by atoms with Gasteiger partial charge in [0, 0.05) is 12.6 Å². The number of hydrogen-bond acceptors (Lipinski definition) is 4. The topological polar surface area (TPSA) is 49.4 Å². The van der Waals surface area contributed by atoms with Crippen LogP contribution >= 0.6 is 11.8 Å². The summed E-state index contributed by atoms with van der Waals surface area (Å²) >= 11 is 1.56. The fraction of sp³-hybridized carbons (Fsp3) is 0.538. The second-order valence-electron chi connectivity index (χ2n) is 4.94. The molecule has 0 unspecified atom stereocenters. The lowest BCUT2D eigenvalue weighted by atomic mass is 10.1. The van der Waals surface area contributed by atoms with Crippen LogP contribution in [0.4, 0.5) is 0 Å². The van der Waals surface area contributed by atoms with E-state index in [4.69, 9.17) is 0 Å². The van der Waals surface area contributed by atoms with Crippen molar-refractivity contribution in [3.8, 4) is 0 Å². The number of sulfonamides is 1. The number of nitrogens with zero attached hydrogens (tertiary/aromatic N) is 1. The summed E-state index contributed by atoms with van der Waals surface area (Å²) in [6.45, 7) is 0.568. The Kier molecular flexibility index (Phi) is 3.84. The highest BCUT2D eigenvalue weighted by Crippen LogP contribution is 2.34. The summed E-state index contributed by atoms with van der Waals surface area (Å²) in [5.74, 6) is 0.958. The van der Waals surface area contributed by atoms with Gasteiger partial charge in [-0.25, -0.2) is 13.8 Å². The van der Waals surface area contributed by atoms with Crippen molar-refractivity contribution in [2.45, 2.75) is 29.9 Å². The van der Waals surface area contributed by atoms with E-state index in [0.717, 1.165) is 30.6 Å². The molecule has 6 heteroatoms. The van der Waals surface area contributed by atoms with Gasteiger partial charge in [0.15, 0.2) is 0 Å². The number of rotatable bonds is 3. The van der Waals surface area contributed by atoms with Gasteiger partial charge in [0.05, 0.1) is 0 Å². The van der Waals surface area contributed by atoms with E-state index in [-0.39, 0.29) is 10.6 Å². The first-order chi connectivity index (χ1) is 9.18. The van der Waals surface area contributed by atoms with Gasteiger partial charge in [-0.2, -0.15) is 0 Å². The fourth-order valence-electron chi connectivity index (χ4n) is 2.60. The first-order valence-electron chi connectivity index (χ1n) is 6.62. The van der Waals surface area contributed by atoms with Gasteiger partial charge in [0.2, 0.25) is 10.0 Å². The van der Waals surface area contributed by atoms with Crippen LogP contribution in [0.2, 0.25) is 0 Å². The van der Waals surface area contributed by atoms with Crippen LogP contribution < -0.4 is 5.43 Å². The highest BCUT2D eigenvalue weighted by molar-refractivity contribution is 8.12.